The molecule has 2 amide bonds. The minimum Gasteiger partial charge on any atom is -0.465 e. The van der Waals surface area contributed by atoms with Gasteiger partial charge in [0.15, 0.2) is 11.5 Å². The highest BCUT2D eigenvalue weighted by atomic mass is 35.5. The number of benzene rings is 2. The molecule has 0 bridgehead atoms. The van der Waals surface area contributed by atoms with Crippen LogP contribution in [0, 0.1) is 0 Å². The average Bonchev–Trinajstić information content (AvgIpc) is 3.35. The molecule has 0 aliphatic carbocycles. The van der Waals surface area contributed by atoms with Crippen LogP contribution in [-0.2, 0) is 30.2 Å². The predicted molar refractivity (Wildman–Crippen MR) is 141 cm³/mol. The van der Waals surface area contributed by atoms with Crippen molar-refractivity contribution in [2.75, 3.05) is 44.3 Å². The fourth-order valence-electron chi connectivity index (χ4n) is 4.46. The minimum absolute atomic E-state index is 0.0282. The maximum absolute atomic E-state index is 13.9. The molecule has 0 unspecified atom stereocenters. The van der Waals surface area contributed by atoms with Crippen molar-refractivity contribution in [3.63, 3.8) is 0 Å². The second-order valence-corrected chi connectivity index (χ2v) is 9.89. The van der Waals surface area contributed by atoms with Crippen molar-refractivity contribution in [1.82, 2.24) is 25.2 Å². The third-order valence-electron chi connectivity index (χ3n) is 6.47. The van der Waals surface area contributed by atoms with Gasteiger partial charge in [-0.2, -0.15) is 26.3 Å². The quantitative estimate of drug-likeness (QED) is 0.326. The van der Waals surface area contributed by atoms with Crippen LogP contribution >= 0.6 is 11.6 Å². The Morgan fingerprint density at radius 2 is 1.65 bits per heavy atom. The van der Waals surface area contributed by atoms with Gasteiger partial charge in [0.25, 0.3) is 5.91 Å². The second-order valence-electron chi connectivity index (χ2n) is 9.48. The summed E-state index contributed by atoms with van der Waals surface area (Å²) >= 11 is 6.28. The zero-order valence-electron chi connectivity index (χ0n) is 22.3. The summed E-state index contributed by atoms with van der Waals surface area (Å²) in [5.74, 6) is -0.644. The molecular weight excluding hydrogens is 610 g/mol. The van der Waals surface area contributed by atoms with E-state index in [1.165, 1.54) is 4.90 Å². The number of ether oxygens (including phenoxy) is 1. The van der Waals surface area contributed by atoms with Gasteiger partial charge in [-0.3, -0.25) is 4.79 Å². The van der Waals surface area contributed by atoms with Gasteiger partial charge in [0.05, 0.1) is 30.9 Å². The smallest absolute Gasteiger partial charge is 0.416 e. The SMILES string of the molecule is O=C(O)NCCN(Cc1ccccc1Cl)C(=O)c1nnn(Cc2cc(C(F)(F)F)cc(C(F)(F)F)c2)c1N1CCOCC1. The highest BCUT2D eigenvalue weighted by Gasteiger charge is 2.37. The Bertz CT molecular complexity index is 1430. The first-order valence-electron chi connectivity index (χ1n) is 12.8. The molecule has 3 aromatic rings. The Morgan fingerprint density at radius 1 is 1.02 bits per heavy atom. The van der Waals surface area contributed by atoms with Crippen LogP contribution in [0.25, 0.3) is 0 Å². The van der Waals surface area contributed by atoms with Crippen LogP contribution in [0.2, 0.25) is 5.02 Å². The fourth-order valence-corrected chi connectivity index (χ4v) is 4.65. The van der Waals surface area contributed by atoms with Crippen LogP contribution < -0.4 is 10.2 Å². The largest absolute Gasteiger partial charge is 0.465 e. The van der Waals surface area contributed by atoms with Crippen LogP contribution in [0.15, 0.2) is 42.5 Å². The highest BCUT2D eigenvalue weighted by Crippen LogP contribution is 2.37. The number of amides is 2. The van der Waals surface area contributed by atoms with Gasteiger partial charge in [-0.25, -0.2) is 9.48 Å². The first-order valence-corrected chi connectivity index (χ1v) is 13.2. The summed E-state index contributed by atoms with van der Waals surface area (Å²) in [5, 5.41) is 19.4. The van der Waals surface area contributed by atoms with E-state index in [1.807, 2.05) is 0 Å². The Hall–Kier alpha value is -4.05. The van der Waals surface area contributed by atoms with Crippen LogP contribution in [0.5, 0.6) is 0 Å². The van der Waals surface area contributed by atoms with E-state index >= 15 is 0 Å². The number of hydrogen-bond donors (Lipinski definition) is 2. The van der Waals surface area contributed by atoms with E-state index in [-0.39, 0.29) is 69.1 Å². The lowest BCUT2D eigenvalue weighted by molar-refractivity contribution is -0.143. The summed E-state index contributed by atoms with van der Waals surface area (Å²) in [7, 11) is 0. The lowest BCUT2D eigenvalue weighted by atomic mass is 10.0. The van der Waals surface area contributed by atoms with Crippen molar-refractivity contribution >= 4 is 29.4 Å². The molecule has 0 atom stereocenters. The van der Waals surface area contributed by atoms with Gasteiger partial charge in [-0.1, -0.05) is 35.0 Å². The topological polar surface area (TPSA) is 113 Å². The van der Waals surface area contributed by atoms with Crippen molar-refractivity contribution in [3.8, 4) is 0 Å². The van der Waals surface area contributed by atoms with Crippen LogP contribution in [0.4, 0.5) is 37.0 Å². The number of nitrogens with zero attached hydrogens (tertiary/aromatic N) is 5. The van der Waals surface area contributed by atoms with Crippen LogP contribution in [0.1, 0.15) is 32.7 Å². The summed E-state index contributed by atoms with van der Waals surface area (Å²) in [6, 6.07) is 7.85. The molecule has 1 aliphatic heterocycles. The molecule has 0 radical (unpaired) electrons. The summed E-state index contributed by atoms with van der Waals surface area (Å²) in [5.41, 5.74) is -3.03. The van der Waals surface area contributed by atoms with Crippen LogP contribution in [-0.4, -0.2) is 76.4 Å². The highest BCUT2D eigenvalue weighted by molar-refractivity contribution is 6.31. The minimum atomic E-state index is -5.05. The molecule has 1 aliphatic rings. The zero-order chi connectivity index (χ0) is 31.4. The summed E-state index contributed by atoms with van der Waals surface area (Å²) in [6.45, 7) is 0.0252. The van der Waals surface area contributed by atoms with Crippen molar-refractivity contribution in [2.24, 2.45) is 0 Å². The standard InChI is InChI=1S/C26H25ClF6N6O4/c27-20-4-2-1-3-17(20)15-38(6-5-34-24(41)42)23(40)21-22(37-7-9-43-10-8-37)39(36-35-21)14-16-11-18(25(28,29)30)13-19(12-16)26(31,32)33/h1-4,11-13,34H,5-10,14-15H2,(H,41,42). The number of rotatable bonds is 9. The van der Waals surface area contributed by atoms with E-state index in [2.05, 4.69) is 15.6 Å². The molecule has 1 aromatic heterocycles. The van der Waals surface area contributed by atoms with Gasteiger partial charge < -0.3 is 25.0 Å². The molecule has 4 rings (SSSR count). The number of hydrogen-bond acceptors (Lipinski definition) is 6. The summed E-state index contributed by atoms with van der Waals surface area (Å²) < 4.78 is 87.3. The van der Waals surface area contributed by atoms with Crippen molar-refractivity contribution < 1.29 is 45.8 Å². The third-order valence-corrected chi connectivity index (χ3v) is 6.83. The van der Waals surface area contributed by atoms with Crippen molar-refractivity contribution in [1.29, 1.82) is 0 Å². The first kappa shape index (κ1) is 31.9. The number of alkyl halides is 6. The average molecular weight is 635 g/mol. The molecule has 2 N–H and O–H groups in total. The van der Waals surface area contributed by atoms with Gasteiger partial charge >= 0.3 is 18.4 Å². The molecule has 1 saturated heterocycles. The maximum atomic E-state index is 13.9. The summed E-state index contributed by atoms with van der Waals surface area (Å²) in [6.07, 6.45) is -11.4. The molecule has 232 valence electrons. The molecule has 43 heavy (non-hydrogen) atoms. The molecular formula is C26H25ClF6N6O4. The van der Waals surface area contributed by atoms with Gasteiger partial charge in [0.1, 0.15) is 0 Å². The number of aromatic nitrogens is 3. The van der Waals surface area contributed by atoms with Crippen molar-refractivity contribution in [2.45, 2.75) is 25.4 Å². The Labute approximate surface area is 245 Å². The Balaban J connectivity index is 1.75. The number of carbonyl (C=O) groups excluding carboxylic acids is 1. The Morgan fingerprint density at radius 3 is 2.23 bits per heavy atom. The van der Waals surface area contributed by atoms with Gasteiger partial charge in [0.2, 0.25) is 0 Å². The number of morpholine rings is 1. The molecule has 0 spiro atoms. The number of halogens is 7. The molecule has 2 heterocycles. The Kier molecular flexibility index (Phi) is 9.69. The van der Waals surface area contributed by atoms with Crippen molar-refractivity contribution in [3.05, 3.63) is 75.4 Å². The van der Waals surface area contributed by atoms with E-state index in [0.29, 0.717) is 22.7 Å². The maximum Gasteiger partial charge on any atom is 0.416 e. The van der Waals surface area contributed by atoms with E-state index in [9.17, 15) is 35.9 Å². The molecule has 0 saturated carbocycles. The van der Waals surface area contributed by atoms with E-state index in [0.717, 1.165) is 4.68 Å². The van der Waals surface area contributed by atoms with E-state index in [4.69, 9.17) is 21.4 Å². The van der Waals surface area contributed by atoms with E-state index in [1.54, 1.807) is 29.2 Å². The number of carbonyl (C=O) groups is 2. The summed E-state index contributed by atoms with van der Waals surface area (Å²) in [4.78, 5) is 27.8. The number of nitrogens with one attached hydrogen (secondary N) is 1. The van der Waals surface area contributed by atoms with Gasteiger partial charge in [-0.15, -0.1) is 5.10 Å². The van der Waals surface area contributed by atoms with Gasteiger partial charge in [0, 0.05) is 37.7 Å². The van der Waals surface area contributed by atoms with Gasteiger partial charge in [-0.05, 0) is 35.4 Å². The normalized spacial score (nSPS) is 14.1. The van der Waals surface area contributed by atoms with E-state index < -0.39 is 42.0 Å². The lowest BCUT2D eigenvalue weighted by Crippen LogP contribution is -2.41. The molecule has 17 heteroatoms. The molecule has 1 fully saturated rings. The molecule has 10 nitrogen and oxygen atoms in total. The van der Waals surface area contributed by atoms with Crippen LogP contribution in [0.3, 0.4) is 0 Å². The fraction of sp³-hybridized carbons (Fsp3) is 0.385. The second kappa shape index (κ2) is 13.1. The zero-order valence-corrected chi connectivity index (χ0v) is 23.0. The molecule has 2 aromatic carbocycles. The number of carboxylic acid groups (broad SMARTS) is 1. The monoisotopic (exact) mass is 634 g/mol. The predicted octanol–water partition coefficient (Wildman–Crippen LogP) is 4.76. The first-order chi connectivity index (χ1) is 20.2. The lowest BCUT2D eigenvalue weighted by Gasteiger charge is -2.30. The number of anilines is 1. The third kappa shape index (κ3) is 8.07.